The number of nitrogens with zero attached hydrogens (tertiary/aromatic N) is 3. The van der Waals surface area contributed by atoms with Gasteiger partial charge in [0.25, 0.3) is 5.91 Å². The SMILES string of the molecule is O=C(NC[C@@H](c1ccsc1)n1cccn1)c1cc(C2CC2)on1. The molecule has 0 aromatic carbocycles. The second kappa shape index (κ2) is 6.00. The van der Waals surface area contributed by atoms with Crippen LogP contribution < -0.4 is 5.32 Å². The molecule has 1 amide bonds. The number of nitrogens with one attached hydrogen (secondary N) is 1. The third-order valence-electron chi connectivity index (χ3n) is 3.97. The van der Waals surface area contributed by atoms with E-state index in [1.165, 1.54) is 0 Å². The van der Waals surface area contributed by atoms with E-state index in [-0.39, 0.29) is 11.9 Å². The van der Waals surface area contributed by atoms with Crippen LogP contribution in [0.2, 0.25) is 0 Å². The Morgan fingerprint density at radius 1 is 1.52 bits per heavy atom. The summed E-state index contributed by atoms with van der Waals surface area (Å²) in [5, 5.41) is 15.2. The van der Waals surface area contributed by atoms with Crippen molar-refractivity contribution in [3.8, 4) is 0 Å². The molecule has 118 valence electrons. The third-order valence-corrected chi connectivity index (χ3v) is 4.67. The maximum atomic E-state index is 12.3. The lowest BCUT2D eigenvalue weighted by Gasteiger charge is -2.17. The minimum absolute atomic E-state index is 0.0324. The number of amides is 1. The van der Waals surface area contributed by atoms with Crippen molar-refractivity contribution in [3.05, 3.63) is 58.4 Å². The second-order valence-electron chi connectivity index (χ2n) is 5.66. The van der Waals surface area contributed by atoms with Crippen molar-refractivity contribution in [2.75, 3.05) is 6.54 Å². The Hall–Kier alpha value is -2.41. The molecule has 1 saturated carbocycles. The third kappa shape index (κ3) is 3.05. The Bertz CT molecular complexity index is 741. The largest absolute Gasteiger partial charge is 0.360 e. The molecule has 1 atom stereocenters. The highest BCUT2D eigenvalue weighted by molar-refractivity contribution is 7.07. The van der Waals surface area contributed by atoms with Crippen molar-refractivity contribution in [2.24, 2.45) is 0 Å². The van der Waals surface area contributed by atoms with Gasteiger partial charge in [-0.3, -0.25) is 9.48 Å². The molecular weight excluding hydrogens is 312 g/mol. The molecule has 0 saturated heterocycles. The summed E-state index contributed by atoms with van der Waals surface area (Å²) in [6.45, 7) is 0.447. The molecule has 0 spiro atoms. The van der Waals surface area contributed by atoms with Gasteiger partial charge in [0.2, 0.25) is 0 Å². The van der Waals surface area contributed by atoms with Gasteiger partial charge in [-0.15, -0.1) is 0 Å². The fourth-order valence-electron chi connectivity index (χ4n) is 2.53. The first kappa shape index (κ1) is 14.2. The van der Waals surface area contributed by atoms with Crippen LogP contribution in [0.15, 0.2) is 45.9 Å². The summed E-state index contributed by atoms with van der Waals surface area (Å²) in [5.74, 6) is 1.05. The van der Waals surface area contributed by atoms with Gasteiger partial charge in [0.05, 0.1) is 6.04 Å². The molecule has 1 fully saturated rings. The lowest BCUT2D eigenvalue weighted by molar-refractivity contribution is 0.0940. The predicted octanol–water partition coefficient (Wildman–Crippen LogP) is 2.83. The van der Waals surface area contributed by atoms with E-state index in [4.69, 9.17) is 4.52 Å². The summed E-state index contributed by atoms with van der Waals surface area (Å²) in [4.78, 5) is 12.3. The van der Waals surface area contributed by atoms with E-state index >= 15 is 0 Å². The summed E-state index contributed by atoms with van der Waals surface area (Å²) >= 11 is 1.63. The molecule has 0 aliphatic heterocycles. The van der Waals surface area contributed by atoms with Gasteiger partial charge in [-0.2, -0.15) is 16.4 Å². The second-order valence-corrected chi connectivity index (χ2v) is 6.44. The molecule has 3 aromatic rings. The molecule has 1 aliphatic rings. The van der Waals surface area contributed by atoms with Crippen molar-refractivity contribution >= 4 is 17.2 Å². The van der Waals surface area contributed by atoms with E-state index < -0.39 is 0 Å². The molecular formula is C16H16N4O2S. The fraction of sp³-hybridized carbons (Fsp3) is 0.312. The number of rotatable bonds is 6. The van der Waals surface area contributed by atoms with Gasteiger partial charge >= 0.3 is 0 Å². The average Bonchev–Trinajstić information content (AvgIpc) is 3.06. The van der Waals surface area contributed by atoms with Crippen LogP contribution in [-0.2, 0) is 0 Å². The van der Waals surface area contributed by atoms with Gasteiger partial charge in [0.15, 0.2) is 5.69 Å². The van der Waals surface area contributed by atoms with Crippen LogP contribution in [0.3, 0.4) is 0 Å². The summed E-state index contributed by atoms with van der Waals surface area (Å²) < 4.78 is 7.08. The number of carbonyl (C=O) groups is 1. The van der Waals surface area contributed by atoms with E-state index in [1.807, 2.05) is 28.4 Å². The summed E-state index contributed by atoms with van der Waals surface area (Å²) in [6, 6.07) is 5.64. The highest BCUT2D eigenvalue weighted by Gasteiger charge is 2.29. The number of carbonyl (C=O) groups excluding carboxylic acids is 1. The minimum Gasteiger partial charge on any atom is -0.360 e. The molecule has 0 unspecified atom stereocenters. The number of aromatic nitrogens is 3. The van der Waals surface area contributed by atoms with Crippen molar-refractivity contribution in [1.29, 1.82) is 0 Å². The first-order valence-corrected chi connectivity index (χ1v) is 8.51. The molecule has 3 aromatic heterocycles. The van der Waals surface area contributed by atoms with Gasteiger partial charge in [0, 0.05) is 30.9 Å². The van der Waals surface area contributed by atoms with Crippen molar-refractivity contribution in [3.63, 3.8) is 0 Å². The van der Waals surface area contributed by atoms with Gasteiger partial charge in [-0.25, -0.2) is 0 Å². The molecule has 1 aliphatic carbocycles. The van der Waals surface area contributed by atoms with Gasteiger partial charge in [-0.05, 0) is 41.3 Å². The predicted molar refractivity (Wildman–Crippen MR) is 85.5 cm³/mol. The van der Waals surface area contributed by atoms with E-state index in [2.05, 4.69) is 21.0 Å². The fourth-order valence-corrected chi connectivity index (χ4v) is 3.24. The van der Waals surface area contributed by atoms with Crippen LogP contribution in [0.1, 0.15) is 46.6 Å². The Balaban J connectivity index is 1.45. The Morgan fingerprint density at radius 2 is 2.43 bits per heavy atom. The van der Waals surface area contributed by atoms with Gasteiger partial charge in [0.1, 0.15) is 5.76 Å². The van der Waals surface area contributed by atoms with Gasteiger partial charge in [-0.1, -0.05) is 5.16 Å². The van der Waals surface area contributed by atoms with E-state index in [1.54, 1.807) is 23.6 Å². The van der Waals surface area contributed by atoms with Gasteiger partial charge < -0.3 is 9.84 Å². The smallest absolute Gasteiger partial charge is 0.273 e. The van der Waals surface area contributed by atoms with Crippen molar-refractivity contribution in [2.45, 2.75) is 24.8 Å². The minimum atomic E-state index is -0.215. The zero-order chi connectivity index (χ0) is 15.6. The van der Waals surface area contributed by atoms with Crippen LogP contribution in [0.25, 0.3) is 0 Å². The zero-order valence-electron chi connectivity index (χ0n) is 12.4. The number of thiophene rings is 1. The lowest BCUT2D eigenvalue weighted by atomic mass is 10.1. The zero-order valence-corrected chi connectivity index (χ0v) is 13.2. The summed E-state index contributed by atoms with van der Waals surface area (Å²) in [7, 11) is 0. The quantitative estimate of drug-likeness (QED) is 0.755. The number of hydrogen-bond donors (Lipinski definition) is 1. The lowest BCUT2D eigenvalue weighted by Crippen LogP contribution is -2.31. The maximum Gasteiger partial charge on any atom is 0.273 e. The van der Waals surface area contributed by atoms with Crippen LogP contribution in [0, 0.1) is 0 Å². The molecule has 6 nitrogen and oxygen atoms in total. The molecule has 23 heavy (non-hydrogen) atoms. The monoisotopic (exact) mass is 328 g/mol. The van der Waals surface area contributed by atoms with Crippen LogP contribution in [0.5, 0.6) is 0 Å². The molecule has 1 N–H and O–H groups in total. The topological polar surface area (TPSA) is 73.0 Å². The van der Waals surface area contributed by atoms with E-state index in [0.29, 0.717) is 18.2 Å². The van der Waals surface area contributed by atoms with E-state index in [9.17, 15) is 4.79 Å². The Morgan fingerprint density at radius 3 is 3.13 bits per heavy atom. The van der Waals surface area contributed by atoms with Crippen molar-refractivity contribution in [1.82, 2.24) is 20.3 Å². The standard InChI is InChI=1S/C16H16N4O2S/c21-16(13-8-15(22-19-13)11-2-3-11)17-9-14(12-4-7-23-10-12)20-6-1-5-18-20/h1,4-8,10-11,14H,2-3,9H2,(H,17,21)/t14-/m0/s1. The Kier molecular flexibility index (Phi) is 3.70. The average molecular weight is 328 g/mol. The first-order chi connectivity index (χ1) is 11.3. The molecule has 7 heteroatoms. The first-order valence-electron chi connectivity index (χ1n) is 7.57. The molecule has 4 rings (SSSR count). The highest BCUT2D eigenvalue weighted by atomic mass is 32.1. The van der Waals surface area contributed by atoms with E-state index in [0.717, 1.165) is 24.2 Å². The molecule has 3 heterocycles. The summed E-state index contributed by atoms with van der Waals surface area (Å²) in [6.07, 6.45) is 5.88. The van der Waals surface area contributed by atoms with Crippen LogP contribution in [0.4, 0.5) is 0 Å². The molecule has 0 radical (unpaired) electrons. The van der Waals surface area contributed by atoms with Crippen LogP contribution in [-0.4, -0.2) is 27.4 Å². The maximum absolute atomic E-state index is 12.3. The summed E-state index contributed by atoms with van der Waals surface area (Å²) in [5.41, 5.74) is 1.47. The Labute approximate surface area is 137 Å². The highest BCUT2D eigenvalue weighted by Crippen LogP contribution is 2.40. The van der Waals surface area contributed by atoms with Crippen LogP contribution >= 0.6 is 11.3 Å². The molecule has 0 bridgehead atoms. The van der Waals surface area contributed by atoms with Crippen molar-refractivity contribution < 1.29 is 9.32 Å². The normalized spacial score (nSPS) is 15.5. The number of hydrogen-bond acceptors (Lipinski definition) is 5.